The molecule has 6 heteroatoms. The van der Waals surface area contributed by atoms with Gasteiger partial charge in [0.2, 0.25) is 5.91 Å². The molecule has 2 aromatic heterocycles. The van der Waals surface area contributed by atoms with Crippen LogP contribution in [0.4, 0.5) is 0 Å². The van der Waals surface area contributed by atoms with Crippen LogP contribution in [0.2, 0.25) is 0 Å². The second kappa shape index (κ2) is 8.52. The first-order valence-electron chi connectivity index (χ1n) is 9.67. The molecule has 28 heavy (non-hydrogen) atoms. The number of fused-ring (bicyclic) bond motifs is 1. The molecule has 0 saturated carbocycles. The van der Waals surface area contributed by atoms with Crippen molar-refractivity contribution in [2.45, 2.75) is 52.4 Å². The molecular formula is C22H28N4O2. The van der Waals surface area contributed by atoms with Crippen LogP contribution in [0.3, 0.4) is 0 Å². The molecule has 0 saturated heterocycles. The summed E-state index contributed by atoms with van der Waals surface area (Å²) in [6.07, 6.45) is 6.06. The van der Waals surface area contributed by atoms with Crippen LogP contribution in [0.15, 0.2) is 36.7 Å². The number of hydroxylamine groups is 1. The number of carbonyl (C=O) groups excluding carboxylic acids is 1. The van der Waals surface area contributed by atoms with E-state index in [4.69, 9.17) is 4.84 Å². The van der Waals surface area contributed by atoms with Gasteiger partial charge in [-0.15, -0.1) is 0 Å². The number of benzene rings is 1. The zero-order valence-corrected chi connectivity index (χ0v) is 17.0. The van der Waals surface area contributed by atoms with Crippen molar-refractivity contribution in [3.05, 3.63) is 47.8 Å². The summed E-state index contributed by atoms with van der Waals surface area (Å²) < 4.78 is 0. The number of hydrogen-bond acceptors (Lipinski definition) is 4. The van der Waals surface area contributed by atoms with Gasteiger partial charge in [0, 0.05) is 24.9 Å². The Kier molecular flexibility index (Phi) is 6.09. The molecule has 0 radical (unpaired) electrons. The van der Waals surface area contributed by atoms with Crippen LogP contribution in [0.25, 0.3) is 22.4 Å². The van der Waals surface area contributed by atoms with Gasteiger partial charge in [0.25, 0.3) is 0 Å². The fourth-order valence-electron chi connectivity index (χ4n) is 3.22. The number of amides is 1. The molecule has 6 nitrogen and oxygen atoms in total. The highest BCUT2D eigenvalue weighted by molar-refractivity contribution is 5.85. The lowest BCUT2D eigenvalue weighted by atomic mass is 9.86. The first kappa shape index (κ1) is 20.0. The molecule has 0 spiro atoms. The van der Waals surface area contributed by atoms with E-state index in [9.17, 15) is 4.79 Å². The van der Waals surface area contributed by atoms with Crippen molar-refractivity contribution < 1.29 is 9.63 Å². The van der Waals surface area contributed by atoms with E-state index in [0.717, 1.165) is 41.7 Å². The fourth-order valence-corrected chi connectivity index (χ4v) is 3.22. The van der Waals surface area contributed by atoms with Crippen LogP contribution in [-0.2, 0) is 21.5 Å². The third kappa shape index (κ3) is 4.75. The number of hydrogen-bond donors (Lipinski definition) is 2. The number of aromatic amines is 1. The molecule has 0 unspecified atom stereocenters. The molecule has 0 bridgehead atoms. The smallest absolute Gasteiger partial charge is 0.240 e. The number of H-pyrrole nitrogens is 1. The van der Waals surface area contributed by atoms with Crippen molar-refractivity contribution in [1.29, 1.82) is 0 Å². The van der Waals surface area contributed by atoms with E-state index in [1.807, 2.05) is 0 Å². The van der Waals surface area contributed by atoms with Crippen molar-refractivity contribution in [3.8, 4) is 11.3 Å². The molecule has 0 atom stereocenters. The molecule has 2 N–H and O–H groups in total. The SMILES string of the molecule is CC(=O)NOCCCCc1c(-c2ccc(C(C)(C)C)cc2)[nH]c2nccnc12. The number of carbonyl (C=O) groups is 1. The second-order valence-corrected chi connectivity index (χ2v) is 8.02. The number of unbranched alkanes of at least 4 members (excludes halogenated alkanes) is 1. The molecule has 1 amide bonds. The van der Waals surface area contributed by atoms with Crippen LogP contribution in [0, 0.1) is 0 Å². The minimum Gasteiger partial charge on any atom is -0.338 e. The lowest BCUT2D eigenvalue weighted by Crippen LogP contribution is -2.20. The number of rotatable bonds is 7. The zero-order chi connectivity index (χ0) is 20.1. The third-order valence-electron chi connectivity index (χ3n) is 4.71. The highest BCUT2D eigenvalue weighted by Gasteiger charge is 2.17. The monoisotopic (exact) mass is 380 g/mol. The first-order valence-corrected chi connectivity index (χ1v) is 9.67. The second-order valence-electron chi connectivity index (χ2n) is 8.02. The van der Waals surface area contributed by atoms with Crippen molar-refractivity contribution >= 4 is 17.1 Å². The summed E-state index contributed by atoms with van der Waals surface area (Å²) in [5.41, 5.74) is 8.89. The highest BCUT2D eigenvalue weighted by Crippen LogP contribution is 2.31. The van der Waals surface area contributed by atoms with E-state index >= 15 is 0 Å². The lowest BCUT2D eigenvalue weighted by molar-refractivity contribution is -0.131. The van der Waals surface area contributed by atoms with Gasteiger partial charge in [-0.25, -0.2) is 10.5 Å². The molecule has 3 aromatic rings. The Hall–Kier alpha value is -2.73. The minimum absolute atomic E-state index is 0.124. The average Bonchev–Trinajstić information content (AvgIpc) is 3.02. The molecule has 1 aromatic carbocycles. The quantitative estimate of drug-likeness (QED) is 0.473. The van der Waals surface area contributed by atoms with Crippen molar-refractivity contribution in [2.24, 2.45) is 0 Å². The topological polar surface area (TPSA) is 79.9 Å². The number of aryl methyl sites for hydroxylation is 1. The Morgan fingerprint density at radius 1 is 1.11 bits per heavy atom. The molecule has 0 aliphatic heterocycles. The van der Waals surface area contributed by atoms with E-state index in [1.165, 1.54) is 18.1 Å². The Morgan fingerprint density at radius 2 is 1.82 bits per heavy atom. The van der Waals surface area contributed by atoms with E-state index < -0.39 is 0 Å². The van der Waals surface area contributed by atoms with Gasteiger partial charge in [-0.05, 0) is 35.8 Å². The van der Waals surface area contributed by atoms with Crippen LogP contribution in [0.5, 0.6) is 0 Å². The maximum atomic E-state index is 10.8. The van der Waals surface area contributed by atoms with Crippen molar-refractivity contribution in [1.82, 2.24) is 20.4 Å². The predicted octanol–water partition coefficient (Wildman–Crippen LogP) is 4.31. The zero-order valence-electron chi connectivity index (χ0n) is 17.0. The summed E-state index contributed by atoms with van der Waals surface area (Å²) in [7, 11) is 0. The summed E-state index contributed by atoms with van der Waals surface area (Å²) in [5.74, 6) is -0.187. The van der Waals surface area contributed by atoms with Crippen LogP contribution in [-0.4, -0.2) is 27.5 Å². The molecule has 148 valence electrons. The molecule has 0 aliphatic carbocycles. The number of aromatic nitrogens is 3. The molecule has 2 heterocycles. The Morgan fingerprint density at radius 3 is 2.50 bits per heavy atom. The number of nitrogens with one attached hydrogen (secondary N) is 2. The van der Waals surface area contributed by atoms with Crippen LogP contribution in [0.1, 0.15) is 51.7 Å². The Labute approximate surface area is 165 Å². The van der Waals surface area contributed by atoms with E-state index in [-0.39, 0.29) is 11.3 Å². The molecule has 0 fully saturated rings. The van der Waals surface area contributed by atoms with Gasteiger partial charge in [0.15, 0.2) is 5.65 Å². The predicted molar refractivity (Wildman–Crippen MR) is 111 cm³/mol. The van der Waals surface area contributed by atoms with Gasteiger partial charge in [-0.2, -0.15) is 0 Å². The highest BCUT2D eigenvalue weighted by atomic mass is 16.6. The van der Waals surface area contributed by atoms with Gasteiger partial charge in [0.1, 0.15) is 5.52 Å². The van der Waals surface area contributed by atoms with Gasteiger partial charge in [-0.3, -0.25) is 14.6 Å². The Balaban J connectivity index is 1.80. The lowest BCUT2D eigenvalue weighted by Gasteiger charge is -2.19. The average molecular weight is 380 g/mol. The van der Waals surface area contributed by atoms with Crippen molar-refractivity contribution in [3.63, 3.8) is 0 Å². The van der Waals surface area contributed by atoms with Gasteiger partial charge < -0.3 is 4.98 Å². The van der Waals surface area contributed by atoms with E-state index in [1.54, 1.807) is 12.4 Å². The summed E-state index contributed by atoms with van der Waals surface area (Å²) in [4.78, 5) is 28.4. The van der Waals surface area contributed by atoms with E-state index in [2.05, 4.69) is 65.5 Å². The van der Waals surface area contributed by atoms with E-state index in [0.29, 0.717) is 6.61 Å². The normalized spacial score (nSPS) is 11.7. The summed E-state index contributed by atoms with van der Waals surface area (Å²) in [5, 5.41) is 0. The van der Waals surface area contributed by atoms with Crippen molar-refractivity contribution in [2.75, 3.05) is 6.61 Å². The van der Waals surface area contributed by atoms with Gasteiger partial charge in [0.05, 0.1) is 12.3 Å². The Bertz CT molecular complexity index is 939. The van der Waals surface area contributed by atoms with Gasteiger partial charge >= 0.3 is 0 Å². The maximum Gasteiger partial charge on any atom is 0.240 e. The molecule has 3 rings (SSSR count). The maximum absolute atomic E-state index is 10.8. The summed E-state index contributed by atoms with van der Waals surface area (Å²) in [6, 6.07) is 8.70. The van der Waals surface area contributed by atoms with Crippen LogP contribution < -0.4 is 5.48 Å². The third-order valence-corrected chi connectivity index (χ3v) is 4.71. The summed E-state index contributed by atoms with van der Waals surface area (Å²) >= 11 is 0. The van der Waals surface area contributed by atoms with Gasteiger partial charge in [-0.1, -0.05) is 45.0 Å². The summed E-state index contributed by atoms with van der Waals surface area (Å²) in [6.45, 7) is 8.57. The molecular weight excluding hydrogens is 352 g/mol. The first-order chi connectivity index (χ1) is 13.4. The van der Waals surface area contributed by atoms with Crippen LogP contribution >= 0.6 is 0 Å². The standard InChI is InChI=1S/C22H28N4O2/c1-15(27)26-28-14-6-5-7-18-19(25-21-20(18)23-12-13-24-21)16-8-10-17(11-9-16)22(2,3)4/h8-13H,5-7,14H2,1-4H3,(H,24,25)(H,26,27). The largest absolute Gasteiger partial charge is 0.338 e. The molecule has 0 aliphatic rings. The number of nitrogens with zero attached hydrogens (tertiary/aromatic N) is 2. The minimum atomic E-state index is -0.187. The fraction of sp³-hybridized carbons (Fsp3) is 0.409.